The Morgan fingerprint density at radius 1 is 1.27 bits per heavy atom. The largest absolute Gasteiger partial charge is 0.380 e. The highest BCUT2D eigenvalue weighted by atomic mass is 32.1. The zero-order valence-electron chi connectivity index (χ0n) is 6.58. The lowest BCUT2D eigenvalue weighted by atomic mass is 10.1. The van der Waals surface area contributed by atoms with Gasteiger partial charge >= 0.3 is 0 Å². The number of benzene rings is 1. The first-order valence-corrected chi connectivity index (χ1v) is 4.18. The van der Waals surface area contributed by atoms with Crippen LogP contribution in [0, 0.1) is 0 Å². The van der Waals surface area contributed by atoms with E-state index in [0.29, 0.717) is 6.61 Å². The van der Waals surface area contributed by atoms with Crippen molar-refractivity contribution in [2.24, 2.45) is 0 Å². The van der Waals surface area contributed by atoms with Crippen LogP contribution in [0.15, 0.2) is 24.3 Å². The van der Waals surface area contributed by atoms with E-state index in [2.05, 4.69) is 24.8 Å². The first-order valence-electron chi connectivity index (χ1n) is 3.55. The molecule has 0 saturated heterocycles. The Morgan fingerprint density at radius 2 is 1.91 bits per heavy atom. The van der Waals surface area contributed by atoms with Gasteiger partial charge in [-0.25, -0.2) is 0 Å². The quantitative estimate of drug-likeness (QED) is 0.681. The van der Waals surface area contributed by atoms with Crippen LogP contribution in [-0.2, 0) is 17.1 Å². The predicted molar refractivity (Wildman–Crippen MR) is 49.8 cm³/mol. The maximum atomic E-state index is 5.04. The molecule has 0 amide bonds. The Balaban J connectivity index is 2.83. The summed E-state index contributed by atoms with van der Waals surface area (Å²) < 4.78 is 5.04. The topological polar surface area (TPSA) is 9.23 Å². The molecule has 0 fully saturated rings. The van der Waals surface area contributed by atoms with Crippen LogP contribution in [0.3, 0.4) is 0 Å². The van der Waals surface area contributed by atoms with Gasteiger partial charge in [-0.3, -0.25) is 0 Å². The number of ether oxygens (including phenoxy) is 1. The van der Waals surface area contributed by atoms with E-state index in [4.69, 9.17) is 4.74 Å². The van der Waals surface area contributed by atoms with Crippen LogP contribution in [0.4, 0.5) is 0 Å². The summed E-state index contributed by atoms with van der Waals surface area (Å²) in [6.45, 7) is 0.677. The Labute approximate surface area is 72.8 Å². The highest BCUT2D eigenvalue weighted by Gasteiger charge is 1.97. The lowest BCUT2D eigenvalue weighted by Crippen LogP contribution is -1.92. The summed E-state index contributed by atoms with van der Waals surface area (Å²) >= 11 is 4.22. The molecule has 0 N–H and O–H groups in total. The van der Waals surface area contributed by atoms with Gasteiger partial charge < -0.3 is 4.74 Å². The number of hydrogen-bond acceptors (Lipinski definition) is 2. The van der Waals surface area contributed by atoms with Crippen molar-refractivity contribution in [2.45, 2.75) is 12.4 Å². The van der Waals surface area contributed by atoms with E-state index in [9.17, 15) is 0 Å². The summed E-state index contributed by atoms with van der Waals surface area (Å²) in [6.07, 6.45) is 0. The Hall–Kier alpha value is -0.470. The average molecular weight is 168 g/mol. The van der Waals surface area contributed by atoms with Crippen LogP contribution in [0.2, 0.25) is 0 Å². The van der Waals surface area contributed by atoms with Crippen LogP contribution < -0.4 is 0 Å². The normalized spacial score (nSPS) is 10.0. The van der Waals surface area contributed by atoms with E-state index >= 15 is 0 Å². The Morgan fingerprint density at radius 3 is 2.45 bits per heavy atom. The van der Waals surface area contributed by atoms with E-state index in [-0.39, 0.29) is 0 Å². The van der Waals surface area contributed by atoms with Crippen molar-refractivity contribution in [3.63, 3.8) is 0 Å². The molecule has 1 aromatic carbocycles. The third kappa shape index (κ3) is 2.24. The molecule has 0 bridgehead atoms. The molecular weight excluding hydrogens is 156 g/mol. The van der Waals surface area contributed by atoms with Crippen molar-refractivity contribution in [3.8, 4) is 0 Å². The molecule has 1 nitrogen and oxygen atoms in total. The fourth-order valence-electron chi connectivity index (χ4n) is 1.01. The minimum absolute atomic E-state index is 0.677. The average Bonchev–Trinajstić information content (AvgIpc) is 2.06. The van der Waals surface area contributed by atoms with E-state index in [1.165, 1.54) is 11.1 Å². The van der Waals surface area contributed by atoms with E-state index in [1.54, 1.807) is 7.11 Å². The highest BCUT2D eigenvalue weighted by Crippen LogP contribution is 2.11. The van der Waals surface area contributed by atoms with E-state index in [0.717, 1.165) is 5.75 Å². The third-order valence-corrected chi connectivity index (χ3v) is 1.93. The lowest BCUT2D eigenvalue weighted by Gasteiger charge is -2.04. The van der Waals surface area contributed by atoms with Gasteiger partial charge in [0.15, 0.2) is 0 Å². The van der Waals surface area contributed by atoms with Crippen molar-refractivity contribution in [3.05, 3.63) is 35.4 Å². The van der Waals surface area contributed by atoms with Crippen LogP contribution in [-0.4, -0.2) is 7.11 Å². The van der Waals surface area contributed by atoms with Crippen LogP contribution in [0.1, 0.15) is 11.1 Å². The third-order valence-electron chi connectivity index (χ3n) is 1.59. The van der Waals surface area contributed by atoms with Gasteiger partial charge in [-0.2, -0.15) is 12.6 Å². The number of thiol groups is 1. The molecule has 0 radical (unpaired) electrons. The van der Waals surface area contributed by atoms with Gasteiger partial charge in [-0.1, -0.05) is 24.3 Å². The SMILES string of the molecule is COCc1ccccc1CS. The number of rotatable bonds is 3. The second-order valence-corrected chi connectivity index (χ2v) is 2.68. The monoisotopic (exact) mass is 168 g/mol. The number of methoxy groups -OCH3 is 1. The fraction of sp³-hybridized carbons (Fsp3) is 0.333. The Kier molecular flexibility index (Phi) is 3.46. The summed E-state index contributed by atoms with van der Waals surface area (Å²) in [4.78, 5) is 0. The zero-order valence-corrected chi connectivity index (χ0v) is 7.47. The van der Waals surface area contributed by atoms with Crippen LogP contribution in [0.5, 0.6) is 0 Å². The fourth-order valence-corrected chi connectivity index (χ4v) is 1.32. The van der Waals surface area contributed by atoms with E-state index in [1.807, 2.05) is 12.1 Å². The molecule has 2 heteroatoms. The maximum Gasteiger partial charge on any atom is 0.0716 e. The van der Waals surface area contributed by atoms with Gasteiger partial charge in [0.25, 0.3) is 0 Å². The smallest absolute Gasteiger partial charge is 0.0716 e. The molecule has 0 aliphatic rings. The first kappa shape index (κ1) is 8.62. The van der Waals surface area contributed by atoms with Crippen molar-refractivity contribution >= 4 is 12.6 Å². The van der Waals surface area contributed by atoms with Crippen molar-refractivity contribution in [1.82, 2.24) is 0 Å². The maximum absolute atomic E-state index is 5.04. The van der Waals surface area contributed by atoms with Crippen molar-refractivity contribution < 1.29 is 4.74 Å². The van der Waals surface area contributed by atoms with Gasteiger partial charge in [-0.15, -0.1) is 0 Å². The van der Waals surface area contributed by atoms with Gasteiger partial charge in [-0.05, 0) is 11.1 Å². The van der Waals surface area contributed by atoms with Gasteiger partial charge in [0, 0.05) is 12.9 Å². The zero-order chi connectivity index (χ0) is 8.10. The summed E-state index contributed by atoms with van der Waals surface area (Å²) in [5, 5.41) is 0. The van der Waals surface area contributed by atoms with Gasteiger partial charge in [0.2, 0.25) is 0 Å². The summed E-state index contributed by atoms with van der Waals surface area (Å²) in [6, 6.07) is 8.17. The summed E-state index contributed by atoms with van der Waals surface area (Å²) in [7, 11) is 1.70. The summed E-state index contributed by atoms with van der Waals surface area (Å²) in [5.41, 5.74) is 2.47. The molecule has 1 aromatic rings. The molecule has 0 atom stereocenters. The van der Waals surface area contributed by atoms with E-state index < -0.39 is 0 Å². The van der Waals surface area contributed by atoms with Gasteiger partial charge in [0.05, 0.1) is 6.61 Å². The van der Waals surface area contributed by atoms with Crippen LogP contribution >= 0.6 is 12.6 Å². The minimum Gasteiger partial charge on any atom is -0.380 e. The van der Waals surface area contributed by atoms with Gasteiger partial charge in [0.1, 0.15) is 0 Å². The predicted octanol–water partition coefficient (Wildman–Crippen LogP) is 2.26. The molecule has 0 spiro atoms. The van der Waals surface area contributed by atoms with Crippen molar-refractivity contribution in [2.75, 3.05) is 7.11 Å². The molecule has 0 aliphatic heterocycles. The molecular formula is C9H12OS. The molecule has 0 unspecified atom stereocenters. The Bertz CT molecular complexity index is 223. The molecule has 1 rings (SSSR count). The second-order valence-electron chi connectivity index (χ2n) is 2.36. The first-order chi connectivity index (χ1) is 5.38. The second kappa shape index (κ2) is 4.42. The van der Waals surface area contributed by atoms with Crippen molar-refractivity contribution in [1.29, 1.82) is 0 Å². The molecule has 11 heavy (non-hydrogen) atoms. The molecule has 60 valence electrons. The van der Waals surface area contributed by atoms with Crippen LogP contribution in [0.25, 0.3) is 0 Å². The highest BCUT2D eigenvalue weighted by molar-refractivity contribution is 7.79. The number of hydrogen-bond donors (Lipinski definition) is 1. The standard InChI is InChI=1S/C9H12OS/c1-10-6-8-4-2-3-5-9(8)7-11/h2-5,11H,6-7H2,1H3. The molecule has 0 heterocycles. The lowest BCUT2D eigenvalue weighted by molar-refractivity contribution is 0.184. The minimum atomic E-state index is 0.677. The summed E-state index contributed by atoms with van der Waals surface area (Å²) in [5.74, 6) is 0.777. The molecule has 0 saturated carbocycles. The molecule has 0 aliphatic carbocycles. The molecule has 0 aromatic heterocycles.